The first-order chi connectivity index (χ1) is 22.4. The molecule has 47 heavy (non-hydrogen) atoms. The highest BCUT2D eigenvalue weighted by Gasteiger charge is 2.41. The Kier molecular flexibility index (Phi) is 9.47. The van der Waals surface area contributed by atoms with Gasteiger partial charge in [0.15, 0.2) is 0 Å². The quantitative estimate of drug-likeness (QED) is 0.153. The maximum absolute atomic E-state index is 15.3. The lowest BCUT2D eigenvalue weighted by molar-refractivity contribution is -0.0355. The summed E-state index contributed by atoms with van der Waals surface area (Å²) in [6.45, 7) is 4.31. The average molecular weight is 716 g/mol. The van der Waals surface area contributed by atoms with E-state index < -0.39 is 23.3 Å². The van der Waals surface area contributed by atoms with Gasteiger partial charge in [-0.2, -0.15) is 10.2 Å². The second-order valence-corrected chi connectivity index (χ2v) is 13.1. The summed E-state index contributed by atoms with van der Waals surface area (Å²) >= 11 is 25.5. The molecule has 0 aliphatic carbocycles. The van der Waals surface area contributed by atoms with E-state index in [2.05, 4.69) is 15.0 Å². The Hall–Kier alpha value is -3.73. The van der Waals surface area contributed by atoms with Crippen LogP contribution in [0, 0.1) is 18.6 Å². The Bertz CT molecular complexity index is 2020. The second kappa shape index (κ2) is 13.4. The van der Waals surface area contributed by atoms with Gasteiger partial charge in [-0.3, -0.25) is 4.68 Å². The third-order valence-corrected chi connectivity index (χ3v) is 9.49. The predicted molar refractivity (Wildman–Crippen MR) is 182 cm³/mol. The lowest BCUT2D eigenvalue weighted by atomic mass is 9.86. The lowest BCUT2D eigenvalue weighted by Crippen LogP contribution is -2.41. The number of anilines is 1. The lowest BCUT2D eigenvalue weighted by Gasteiger charge is -2.35. The van der Waals surface area contributed by atoms with Crippen LogP contribution in [0.2, 0.25) is 20.1 Å². The van der Waals surface area contributed by atoms with Crippen molar-refractivity contribution in [1.82, 2.24) is 24.5 Å². The van der Waals surface area contributed by atoms with Crippen molar-refractivity contribution in [3.8, 4) is 0 Å². The zero-order valence-corrected chi connectivity index (χ0v) is 28.2. The highest BCUT2D eigenvalue weighted by Crippen LogP contribution is 2.39. The molecule has 4 aromatic carbocycles. The first-order valence-corrected chi connectivity index (χ1v) is 16.1. The van der Waals surface area contributed by atoms with Gasteiger partial charge in [0.2, 0.25) is 0 Å². The van der Waals surface area contributed by atoms with E-state index in [9.17, 15) is 9.50 Å². The Balaban J connectivity index is 1.42. The van der Waals surface area contributed by atoms with Gasteiger partial charge in [-0.1, -0.05) is 64.6 Å². The van der Waals surface area contributed by atoms with Crippen molar-refractivity contribution < 1.29 is 13.9 Å². The average Bonchev–Trinajstić information content (AvgIpc) is 3.65. The molecule has 6 rings (SSSR count). The minimum absolute atomic E-state index is 0.0920. The number of benzene rings is 4. The minimum atomic E-state index is -1.89. The predicted octanol–water partition coefficient (Wildman–Crippen LogP) is 9.18. The zero-order valence-electron chi connectivity index (χ0n) is 25.2. The summed E-state index contributed by atoms with van der Waals surface area (Å²) in [7, 11) is 0. The van der Waals surface area contributed by atoms with Gasteiger partial charge < -0.3 is 10.0 Å². The van der Waals surface area contributed by atoms with Gasteiger partial charge in [-0.15, -0.1) is 0 Å². The molecular weight excluding hydrogens is 688 g/mol. The topological polar surface area (TPSA) is 72.0 Å². The maximum Gasteiger partial charge on any atom is 0.137 e. The Morgan fingerprint density at radius 2 is 1.53 bits per heavy atom. The molecule has 1 N–H and O–H groups in total. The van der Waals surface area contributed by atoms with Crippen molar-refractivity contribution in [2.45, 2.75) is 45.1 Å². The molecule has 0 saturated heterocycles. The highest BCUT2D eigenvalue weighted by molar-refractivity contribution is 6.35. The third-order valence-electron chi connectivity index (χ3n) is 8.32. The molecule has 7 nitrogen and oxygen atoms in total. The van der Waals surface area contributed by atoms with E-state index in [0.717, 1.165) is 34.3 Å². The minimum Gasteiger partial charge on any atom is -0.381 e. The van der Waals surface area contributed by atoms with Crippen LogP contribution in [0.15, 0.2) is 85.5 Å². The van der Waals surface area contributed by atoms with Gasteiger partial charge in [-0.05, 0) is 73.5 Å². The number of aliphatic hydroxyl groups is 1. The number of nitrogens with zero attached hydrogens (tertiary/aromatic N) is 6. The second-order valence-electron chi connectivity index (χ2n) is 11.4. The smallest absolute Gasteiger partial charge is 0.137 e. The van der Waals surface area contributed by atoms with Crippen molar-refractivity contribution in [2.75, 3.05) is 4.90 Å². The van der Waals surface area contributed by atoms with Crippen LogP contribution in [-0.4, -0.2) is 29.7 Å². The maximum atomic E-state index is 15.3. The Morgan fingerprint density at radius 1 is 0.872 bits per heavy atom. The van der Waals surface area contributed by atoms with Crippen LogP contribution >= 0.6 is 46.4 Å². The van der Waals surface area contributed by atoms with E-state index in [1.54, 1.807) is 35.9 Å². The molecule has 0 bridgehead atoms. The molecule has 0 radical (unpaired) electrons. The van der Waals surface area contributed by atoms with Crippen LogP contribution in [0.5, 0.6) is 0 Å². The molecule has 0 aliphatic rings. The molecule has 13 heteroatoms. The first kappa shape index (κ1) is 33.2. The highest BCUT2D eigenvalue weighted by atomic mass is 35.5. The molecule has 242 valence electrons. The van der Waals surface area contributed by atoms with Crippen molar-refractivity contribution in [1.29, 1.82) is 0 Å². The fourth-order valence-electron chi connectivity index (χ4n) is 5.77. The van der Waals surface area contributed by atoms with Crippen LogP contribution in [-0.2, 0) is 25.2 Å². The molecule has 0 spiro atoms. The van der Waals surface area contributed by atoms with E-state index in [1.165, 1.54) is 23.4 Å². The molecule has 0 amide bonds. The fraction of sp³-hybridized carbons (Fsp3) is 0.206. The van der Waals surface area contributed by atoms with Crippen LogP contribution < -0.4 is 4.90 Å². The summed E-state index contributed by atoms with van der Waals surface area (Å²) < 4.78 is 32.2. The van der Waals surface area contributed by atoms with E-state index in [1.807, 2.05) is 37.3 Å². The number of hydrogen-bond acceptors (Lipinski definition) is 5. The summed E-state index contributed by atoms with van der Waals surface area (Å²) in [5.74, 6) is -1.63. The van der Waals surface area contributed by atoms with Crippen molar-refractivity contribution in [3.63, 3.8) is 0 Å². The summed E-state index contributed by atoms with van der Waals surface area (Å²) in [5.41, 5.74) is 1.98. The summed E-state index contributed by atoms with van der Waals surface area (Å²) in [6, 6.07) is 18.9. The molecule has 0 fully saturated rings. The standard InChI is InChI=1S/C34H28Cl4F2N6O/c1-20-28-14-27(44(15-22-3-5-24(35)11-30(22)37)16-23-4-6-25(36)12-31(23)38)8-10-33(28)46(43-20)21(2)34(47,17-45-19-41-18-42-45)29-9-7-26(39)13-32(29)40/h3-14,18-19,21,47H,15-17H2,1-2H3/t21-,34-/m1/s1. The van der Waals surface area contributed by atoms with Gasteiger partial charge >= 0.3 is 0 Å². The molecule has 2 heterocycles. The molecule has 0 aliphatic heterocycles. The van der Waals surface area contributed by atoms with Crippen LogP contribution in [0.4, 0.5) is 14.5 Å². The third kappa shape index (κ3) is 6.82. The monoisotopic (exact) mass is 714 g/mol. The van der Waals surface area contributed by atoms with Gasteiger partial charge in [0.05, 0.1) is 23.8 Å². The van der Waals surface area contributed by atoms with E-state index >= 15 is 4.39 Å². The molecule has 2 aromatic heterocycles. The normalized spacial score (nSPS) is 13.6. The van der Waals surface area contributed by atoms with Crippen LogP contribution in [0.25, 0.3) is 10.9 Å². The summed E-state index contributed by atoms with van der Waals surface area (Å²) in [5, 5.41) is 24.1. The molecule has 2 atom stereocenters. The van der Waals surface area contributed by atoms with E-state index in [0.29, 0.717) is 44.4 Å². The molecule has 6 aromatic rings. The van der Waals surface area contributed by atoms with Crippen LogP contribution in [0.1, 0.15) is 35.3 Å². The number of aryl methyl sites for hydroxylation is 1. The van der Waals surface area contributed by atoms with Crippen molar-refractivity contribution in [3.05, 3.63) is 140 Å². The van der Waals surface area contributed by atoms with Gasteiger partial charge in [0, 0.05) is 55.9 Å². The van der Waals surface area contributed by atoms with Crippen molar-refractivity contribution in [2.24, 2.45) is 0 Å². The largest absolute Gasteiger partial charge is 0.381 e. The zero-order chi connectivity index (χ0) is 33.5. The number of rotatable bonds is 10. The Labute approximate surface area is 289 Å². The van der Waals surface area contributed by atoms with Crippen molar-refractivity contribution >= 4 is 63.0 Å². The van der Waals surface area contributed by atoms with E-state index in [4.69, 9.17) is 51.5 Å². The summed E-state index contributed by atoms with van der Waals surface area (Å²) in [4.78, 5) is 6.08. The number of halogens is 6. The summed E-state index contributed by atoms with van der Waals surface area (Å²) in [6.07, 6.45) is 2.74. The molecule has 0 saturated carbocycles. The number of hydrogen-bond donors (Lipinski definition) is 1. The van der Waals surface area contributed by atoms with Gasteiger partial charge in [0.1, 0.15) is 29.9 Å². The fourth-order valence-corrected chi connectivity index (χ4v) is 6.71. The van der Waals surface area contributed by atoms with E-state index in [-0.39, 0.29) is 12.1 Å². The van der Waals surface area contributed by atoms with Gasteiger partial charge in [-0.25, -0.2) is 18.4 Å². The molecule has 0 unspecified atom stereocenters. The molecular formula is C34H28Cl4F2N6O. The Morgan fingerprint density at radius 3 is 2.11 bits per heavy atom. The number of aromatic nitrogens is 5. The number of fused-ring (bicyclic) bond motifs is 1. The SMILES string of the molecule is Cc1nn([C@H](C)[C@](O)(Cn2cncn2)c2ccc(F)cc2F)c2ccc(N(Cc3ccc(Cl)cc3Cl)Cc3ccc(Cl)cc3Cl)cc12. The first-order valence-electron chi connectivity index (χ1n) is 14.5. The van der Waals surface area contributed by atoms with Crippen LogP contribution in [0.3, 0.4) is 0 Å². The van der Waals surface area contributed by atoms with Gasteiger partial charge in [0.25, 0.3) is 0 Å².